The summed E-state index contributed by atoms with van der Waals surface area (Å²) in [5, 5.41) is 17.7. The molecule has 2 aromatic rings. The van der Waals surface area contributed by atoms with Crippen LogP contribution in [0.3, 0.4) is 0 Å². The predicted octanol–water partition coefficient (Wildman–Crippen LogP) is 1.73. The van der Waals surface area contributed by atoms with E-state index in [2.05, 4.69) is 10.4 Å². The first kappa shape index (κ1) is 14.5. The molecule has 0 fully saturated rings. The van der Waals surface area contributed by atoms with E-state index in [4.69, 9.17) is 5.73 Å². The van der Waals surface area contributed by atoms with Crippen LogP contribution < -0.4 is 11.1 Å². The van der Waals surface area contributed by atoms with Gasteiger partial charge < -0.3 is 11.1 Å². The Labute approximate surface area is 120 Å². The summed E-state index contributed by atoms with van der Waals surface area (Å²) in [5.41, 5.74) is 6.61. The highest BCUT2D eigenvalue weighted by atomic mass is 16.6. The number of nitro groups is 1. The molecule has 0 spiro atoms. The zero-order valence-electron chi connectivity index (χ0n) is 11.7. The summed E-state index contributed by atoms with van der Waals surface area (Å²) in [4.78, 5) is 22.5. The maximum atomic E-state index is 12.2. The number of para-hydroxylation sites is 1. The lowest BCUT2D eigenvalue weighted by Crippen LogP contribution is -2.15. The lowest BCUT2D eigenvalue weighted by Gasteiger charge is -2.07. The quantitative estimate of drug-likeness (QED) is 0.505. The number of nitrogens with zero attached hydrogens (tertiary/aromatic N) is 3. The number of nitro benzene ring substituents is 1. The van der Waals surface area contributed by atoms with Crippen molar-refractivity contribution in [1.29, 1.82) is 0 Å². The Balaban J connectivity index is 2.33. The average Bonchev–Trinajstić information content (AvgIpc) is 2.78. The SMILES string of the molecule is CCc1nn(C)cc1NC(=O)c1cccc([N+](=O)[O-])c1N. The van der Waals surface area contributed by atoms with Crippen molar-refractivity contribution in [2.45, 2.75) is 13.3 Å². The third-order valence-corrected chi connectivity index (χ3v) is 3.01. The Morgan fingerprint density at radius 3 is 2.86 bits per heavy atom. The predicted molar refractivity (Wildman–Crippen MR) is 78.0 cm³/mol. The fourth-order valence-corrected chi connectivity index (χ4v) is 2.00. The molecule has 0 bridgehead atoms. The summed E-state index contributed by atoms with van der Waals surface area (Å²) in [6, 6.07) is 4.13. The number of hydrogen-bond donors (Lipinski definition) is 2. The summed E-state index contributed by atoms with van der Waals surface area (Å²) in [5.74, 6) is -0.501. The number of benzene rings is 1. The molecule has 1 aromatic heterocycles. The molecule has 21 heavy (non-hydrogen) atoms. The van der Waals surface area contributed by atoms with Gasteiger partial charge in [0, 0.05) is 19.3 Å². The highest BCUT2D eigenvalue weighted by Gasteiger charge is 2.20. The molecule has 3 N–H and O–H groups in total. The molecule has 1 heterocycles. The first-order chi connectivity index (χ1) is 9.93. The Kier molecular flexibility index (Phi) is 3.88. The van der Waals surface area contributed by atoms with Gasteiger partial charge in [0.1, 0.15) is 5.69 Å². The molecule has 8 heteroatoms. The maximum absolute atomic E-state index is 12.2. The van der Waals surface area contributed by atoms with Crippen LogP contribution in [0.1, 0.15) is 23.0 Å². The van der Waals surface area contributed by atoms with Gasteiger partial charge in [-0.3, -0.25) is 19.6 Å². The summed E-state index contributed by atoms with van der Waals surface area (Å²) in [7, 11) is 1.75. The van der Waals surface area contributed by atoms with Crippen LogP contribution >= 0.6 is 0 Å². The fraction of sp³-hybridized carbons (Fsp3) is 0.231. The second-order valence-corrected chi connectivity index (χ2v) is 4.47. The fourth-order valence-electron chi connectivity index (χ4n) is 2.00. The normalized spacial score (nSPS) is 10.4. The first-order valence-electron chi connectivity index (χ1n) is 6.30. The monoisotopic (exact) mass is 289 g/mol. The van der Waals surface area contributed by atoms with Crippen molar-refractivity contribution < 1.29 is 9.72 Å². The number of aryl methyl sites for hydroxylation is 2. The van der Waals surface area contributed by atoms with Gasteiger partial charge in [-0.15, -0.1) is 0 Å². The zero-order valence-corrected chi connectivity index (χ0v) is 11.7. The number of carbonyl (C=O) groups is 1. The van der Waals surface area contributed by atoms with Crippen molar-refractivity contribution in [2.75, 3.05) is 11.1 Å². The number of nitrogens with one attached hydrogen (secondary N) is 1. The van der Waals surface area contributed by atoms with Gasteiger partial charge in [0.25, 0.3) is 11.6 Å². The summed E-state index contributed by atoms with van der Waals surface area (Å²) in [6.07, 6.45) is 2.32. The van der Waals surface area contributed by atoms with Gasteiger partial charge in [-0.1, -0.05) is 13.0 Å². The van der Waals surface area contributed by atoms with Gasteiger partial charge in [-0.25, -0.2) is 0 Å². The van der Waals surface area contributed by atoms with Crippen molar-refractivity contribution in [3.8, 4) is 0 Å². The molecule has 0 saturated carbocycles. The van der Waals surface area contributed by atoms with E-state index in [-0.39, 0.29) is 16.9 Å². The molecule has 0 aliphatic heterocycles. The minimum absolute atomic E-state index is 0.0649. The van der Waals surface area contributed by atoms with E-state index >= 15 is 0 Å². The van der Waals surface area contributed by atoms with E-state index in [1.54, 1.807) is 17.9 Å². The largest absolute Gasteiger partial charge is 0.393 e. The van der Waals surface area contributed by atoms with Crippen molar-refractivity contribution >= 4 is 23.0 Å². The number of anilines is 2. The topological polar surface area (TPSA) is 116 Å². The highest BCUT2D eigenvalue weighted by molar-refractivity contribution is 6.09. The third kappa shape index (κ3) is 2.83. The zero-order chi connectivity index (χ0) is 15.6. The molecule has 110 valence electrons. The van der Waals surface area contributed by atoms with Crippen LogP contribution in [0, 0.1) is 10.1 Å². The number of aromatic nitrogens is 2. The molecule has 0 atom stereocenters. The van der Waals surface area contributed by atoms with Crippen LogP contribution in [-0.2, 0) is 13.5 Å². The molecule has 0 aliphatic rings. The molecule has 0 radical (unpaired) electrons. The number of hydrogen-bond acceptors (Lipinski definition) is 5. The molecule has 0 unspecified atom stereocenters. The Hall–Kier alpha value is -2.90. The van der Waals surface area contributed by atoms with E-state index in [0.717, 1.165) is 5.69 Å². The standard InChI is InChI=1S/C13H15N5O3/c1-3-9-10(7-17(2)16-9)15-13(19)8-5-4-6-11(12(8)14)18(20)21/h4-7H,3,14H2,1-2H3,(H,15,19). The Morgan fingerprint density at radius 2 is 2.24 bits per heavy atom. The van der Waals surface area contributed by atoms with Gasteiger partial charge >= 0.3 is 0 Å². The molecule has 2 rings (SSSR count). The van der Waals surface area contributed by atoms with Gasteiger partial charge in [-0.05, 0) is 12.5 Å². The Bertz CT molecular complexity index is 708. The lowest BCUT2D eigenvalue weighted by molar-refractivity contribution is -0.383. The summed E-state index contributed by atoms with van der Waals surface area (Å²) < 4.78 is 1.59. The average molecular weight is 289 g/mol. The smallest absolute Gasteiger partial charge is 0.292 e. The molecular weight excluding hydrogens is 274 g/mol. The summed E-state index contributed by atoms with van der Waals surface area (Å²) in [6.45, 7) is 1.92. The number of nitrogen functional groups attached to an aromatic ring is 1. The number of amides is 1. The minimum Gasteiger partial charge on any atom is -0.393 e. The highest BCUT2D eigenvalue weighted by Crippen LogP contribution is 2.26. The van der Waals surface area contributed by atoms with E-state index in [1.807, 2.05) is 6.92 Å². The number of rotatable bonds is 4. The van der Waals surface area contributed by atoms with E-state index in [1.165, 1.54) is 18.2 Å². The van der Waals surface area contributed by atoms with E-state index < -0.39 is 10.8 Å². The summed E-state index contributed by atoms with van der Waals surface area (Å²) >= 11 is 0. The molecule has 0 saturated heterocycles. The minimum atomic E-state index is -0.617. The molecule has 8 nitrogen and oxygen atoms in total. The van der Waals surface area contributed by atoms with Crippen molar-refractivity contribution in [3.05, 3.63) is 45.8 Å². The van der Waals surface area contributed by atoms with Gasteiger partial charge in [0.2, 0.25) is 0 Å². The molecule has 0 aliphatic carbocycles. The number of carbonyl (C=O) groups excluding carboxylic acids is 1. The molecule has 1 amide bonds. The van der Waals surface area contributed by atoms with Crippen LogP contribution in [0.25, 0.3) is 0 Å². The van der Waals surface area contributed by atoms with Crippen LogP contribution in [0.5, 0.6) is 0 Å². The van der Waals surface area contributed by atoms with Crippen LogP contribution in [-0.4, -0.2) is 20.6 Å². The van der Waals surface area contributed by atoms with Crippen LogP contribution in [0.2, 0.25) is 0 Å². The molecular formula is C13H15N5O3. The third-order valence-electron chi connectivity index (χ3n) is 3.01. The van der Waals surface area contributed by atoms with E-state index in [9.17, 15) is 14.9 Å². The van der Waals surface area contributed by atoms with Crippen molar-refractivity contribution in [3.63, 3.8) is 0 Å². The van der Waals surface area contributed by atoms with Gasteiger partial charge in [-0.2, -0.15) is 5.10 Å². The van der Waals surface area contributed by atoms with Crippen LogP contribution in [0.15, 0.2) is 24.4 Å². The maximum Gasteiger partial charge on any atom is 0.292 e. The van der Waals surface area contributed by atoms with Gasteiger partial charge in [0.15, 0.2) is 0 Å². The van der Waals surface area contributed by atoms with Crippen molar-refractivity contribution in [2.24, 2.45) is 7.05 Å². The van der Waals surface area contributed by atoms with Crippen LogP contribution in [0.4, 0.5) is 17.1 Å². The second kappa shape index (κ2) is 5.61. The van der Waals surface area contributed by atoms with Crippen molar-refractivity contribution in [1.82, 2.24) is 9.78 Å². The molecule has 1 aromatic carbocycles. The second-order valence-electron chi connectivity index (χ2n) is 4.47. The van der Waals surface area contributed by atoms with E-state index in [0.29, 0.717) is 12.1 Å². The Morgan fingerprint density at radius 1 is 1.52 bits per heavy atom. The first-order valence-corrected chi connectivity index (χ1v) is 6.30. The lowest BCUT2D eigenvalue weighted by atomic mass is 10.1. The number of nitrogens with two attached hydrogens (primary N) is 1. The van der Waals surface area contributed by atoms with Gasteiger partial charge in [0.05, 0.1) is 21.9 Å².